The van der Waals surface area contributed by atoms with Crippen molar-refractivity contribution >= 4 is 17.9 Å². The van der Waals surface area contributed by atoms with Gasteiger partial charge in [0.1, 0.15) is 0 Å². The minimum atomic E-state index is -0.568. The lowest BCUT2D eigenvalue weighted by molar-refractivity contribution is -0.141. The fraction of sp³-hybridized carbons (Fsp3) is 0.545. The molecule has 102 valence electrons. The van der Waals surface area contributed by atoms with Crippen molar-refractivity contribution in [3.8, 4) is 0 Å². The molecule has 0 aliphatic heterocycles. The molecule has 0 saturated carbocycles. The Morgan fingerprint density at radius 2 is 2.06 bits per heavy atom. The first-order valence-electron chi connectivity index (χ1n) is 5.43. The first-order valence-corrected chi connectivity index (χ1v) is 5.43. The lowest BCUT2D eigenvalue weighted by atomic mass is 10.4. The summed E-state index contributed by atoms with van der Waals surface area (Å²) < 4.78 is 4.47. The summed E-state index contributed by atoms with van der Waals surface area (Å²) in [6.45, 7) is 4.13. The molecule has 3 amide bonds. The Kier molecular flexibility index (Phi) is 8.21. The second-order valence-corrected chi connectivity index (χ2v) is 3.61. The summed E-state index contributed by atoms with van der Waals surface area (Å²) >= 11 is 0. The van der Waals surface area contributed by atoms with Gasteiger partial charge in [0.15, 0.2) is 0 Å². The molecule has 7 heteroatoms. The number of hydrogen-bond donors (Lipinski definition) is 2. The second kappa shape index (κ2) is 9.17. The summed E-state index contributed by atoms with van der Waals surface area (Å²) in [5.74, 6) is -0.782. The van der Waals surface area contributed by atoms with Crippen molar-refractivity contribution in [2.45, 2.75) is 6.42 Å². The smallest absolute Gasteiger partial charge is 0.321 e. The lowest BCUT2D eigenvalue weighted by Gasteiger charge is -2.15. The Labute approximate surface area is 106 Å². The maximum atomic E-state index is 11.4. The number of carbonyl (C=O) groups is 3. The first kappa shape index (κ1) is 16.1. The molecule has 0 heterocycles. The molecule has 0 rings (SSSR count). The van der Waals surface area contributed by atoms with Crippen LogP contribution in [-0.4, -0.2) is 56.6 Å². The zero-order chi connectivity index (χ0) is 14.0. The van der Waals surface area contributed by atoms with E-state index in [1.807, 2.05) is 0 Å². The third-order valence-corrected chi connectivity index (χ3v) is 2.00. The number of likely N-dealkylation sites (N-methyl/N-ethyl adjacent to an activating group) is 1. The molecule has 0 aromatic carbocycles. The van der Waals surface area contributed by atoms with Crippen LogP contribution in [0.5, 0.6) is 0 Å². The summed E-state index contributed by atoms with van der Waals surface area (Å²) in [4.78, 5) is 35.0. The number of urea groups is 1. The van der Waals surface area contributed by atoms with E-state index in [1.54, 1.807) is 11.9 Å². The molecule has 0 fully saturated rings. The predicted octanol–water partition coefficient (Wildman–Crippen LogP) is -0.507. The maximum Gasteiger partial charge on any atom is 0.321 e. The van der Waals surface area contributed by atoms with Crippen LogP contribution in [0.3, 0.4) is 0 Å². The van der Waals surface area contributed by atoms with E-state index in [1.165, 1.54) is 13.2 Å². The monoisotopic (exact) mass is 257 g/mol. The van der Waals surface area contributed by atoms with E-state index in [0.29, 0.717) is 6.54 Å². The van der Waals surface area contributed by atoms with Gasteiger partial charge in [0.2, 0.25) is 5.91 Å². The minimum Gasteiger partial charge on any atom is -0.469 e. The van der Waals surface area contributed by atoms with E-state index in [9.17, 15) is 14.4 Å². The molecule has 0 atom stereocenters. The zero-order valence-corrected chi connectivity index (χ0v) is 10.7. The molecule has 7 nitrogen and oxygen atoms in total. The van der Waals surface area contributed by atoms with E-state index >= 15 is 0 Å². The Morgan fingerprint density at radius 3 is 2.61 bits per heavy atom. The Balaban J connectivity index is 3.82. The van der Waals surface area contributed by atoms with Crippen LogP contribution < -0.4 is 10.6 Å². The number of rotatable bonds is 7. The zero-order valence-electron chi connectivity index (χ0n) is 10.7. The van der Waals surface area contributed by atoms with Gasteiger partial charge in [-0.1, -0.05) is 6.08 Å². The molecule has 0 aromatic heterocycles. The van der Waals surface area contributed by atoms with Gasteiger partial charge in [-0.25, -0.2) is 4.79 Å². The normalized spacial score (nSPS) is 9.72. The number of nitrogens with one attached hydrogen (secondary N) is 2. The lowest BCUT2D eigenvalue weighted by Crippen LogP contribution is -2.44. The molecule has 2 N–H and O–H groups in total. The number of amides is 3. The number of hydrogen-bond acceptors (Lipinski definition) is 5. The maximum absolute atomic E-state index is 11.4. The number of carbonyl (C=O) groups excluding carboxylic acids is 3. The molecule has 0 unspecified atom stereocenters. The summed E-state index contributed by atoms with van der Waals surface area (Å²) in [7, 11) is 2.98. The van der Waals surface area contributed by atoms with Gasteiger partial charge in [0.05, 0.1) is 20.1 Å². The molecular weight excluding hydrogens is 238 g/mol. The topological polar surface area (TPSA) is 87.7 Å². The van der Waals surface area contributed by atoms with E-state index < -0.39 is 11.9 Å². The van der Waals surface area contributed by atoms with Gasteiger partial charge in [-0.05, 0) is 7.05 Å². The van der Waals surface area contributed by atoms with Crippen LogP contribution in [0, 0.1) is 0 Å². The third-order valence-electron chi connectivity index (χ3n) is 2.00. The largest absolute Gasteiger partial charge is 0.469 e. The highest BCUT2D eigenvalue weighted by atomic mass is 16.5. The van der Waals surface area contributed by atoms with E-state index in [-0.39, 0.29) is 25.5 Å². The van der Waals surface area contributed by atoms with Crippen LogP contribution in [0.2, 0.25) is 0 Å². The Morgan fingerprint density at radius 1 is 1.39 bits per heavy atom. The molecule has 0 aromatic rings. The molecule has 0 spiro atoms. The van der Waals surface area contributed by atoms with Gasteiger partial charge in [0.25, 0.3) is 0 Å². The fourth-order valence-electron chi connectivity index (χ4n) is 1.08. The number of nitrogens with zero attached hydrogens (tertiary/aromatic N) is 1. The second-order valence-electron chi connectivity index (χ2n) is 3.61. The van der Waals surface area contributed by atoms with Gasteiger partial charge in [-0.15, -0.1) is 6.58 Å². The number of methoxy groups -OCH3 is 1. The van der Waals surface area contributed by atoms with Gasteiger partial charge in [-0.2, -0.15) is 0 Å². The van der Waals surface area contributed by atoms with Crippen molar-refractivity contribution in [2.24, 2.45) is 0 Å². The van der Waals surface area contributed by atoms with Crippen molar-refractivity contribution in [3.63, 3.8) is 0 Å². The van der Waals surface area contributed by atoms with E-state index in [0.717, 1.165) is 0 Å². The third kappa shape index (κ3) is 8.28. The predicted molar refractivity (Wildman–Crippen MR) is 65.9 cm³/mol. The van der Waals surface area contributed by atoms with Crippen molar-refractivity contribution in [1.82, 2.24) is 15.5 Å². The number of esters is 1. The Hall–Kier alpha value is -1.89. The average molecular weight is 257 g/mol. The van der Waals surface area contributed by atoms with Gasteiger partial charge in [0, 0.05) is 13.1 Å². The highest BCUT2D eigenvalue weighted by Crippen LogP contribution is 1.89. The van der Waals surface area contributed by atoms with Crippen LogP contribution in [0.25, 0.3) is 0 Å². The molecule has 18 heavy (non-hydrogen) atoms. The van der Waals surface area contributed by atoms with Crippen molar-refractivity contribution < 1.29 is 19.1 Å². The molecule has 0 aliphatic rings. The highest BCUT2D eigenvalue weighted by molar-refractivity contribution is 5.95. The summed E-state index contributed by atoms with van der Waals surface area (Å²) in [5, 5.41) is 4.57. The van der Waals surface area contributed by atoms with Crippen LogP contribution >= 0.6 is 0 Å². The summed E-state index contributed by atoms with van der Waals surface area (Å²) in [6.07, 6.45) is 1.70. The van der Waals surface area contributed by atoms with Gasteiger partial charge in [-0.3, -0.25) is 19.8 Å². The molecule has 0 bridgehead atoms. The molecular formula is C11H19N3O4. The van der Waals surface area contributed by atoms with Gasteiger partial charge < -0.3 is 10.1 Å². The molecule has 0 radical (unpaired) electrons. The quantitative estimate of drug-likeness (QED) is 0.474. The van der Waals surface area contributed by atoms with Crippen LogP contribution in [0.15, 0.2) is 12.7 Å². The summed E-state index contributed by atoms with van der Waals surface area (Å²) in [6, 6.07) is -0.568. The molecule has 0 saturated heterocycles. The number of ether oxygens (including phenoxy) is 1. The van der Waals surface area contributed by atoms with E-state index in [4.69, 9.17) is 0 Å². The fourth-order valence-corrected chi connectivity index (χ4v) is 1.08. The van der Waals surface area contributed by atoms with Crippen molar-refractivity contribution in [3.05, 3.63) is 12.7 Å². The SMILES string of the molecule is C=CCNC(=O)NC(=O)CN(C)CCC(=O)OC. The van der Waals surface area contributed by atoms with Crippen LogP contribution in [0.1, 0.15) is 6.42 Å². The minimum absolute atomic E-state index is 0.0263. The van der Waals surface area contributed by atoms with Crippen LogP contribution in [-0.2, 0) is 14.3 Å². The molecule has 0 aliphatic carbocycles. The standard InChI is InChI=1S/C11H19N3O4/c1-4-6-12-11(17)13-9(15)8-14(2)7-5-10(16)18-3/h4H,1,5-8H2,2-3H3,(H2,12,13,15,17). The summed E-state index contributed by atoms with van der Waals surface area (Å²) in [5.41, 5.74) is 0. The highest BCUT2D eigenvalue weighted by Gasteiger charge is 2.11. The van der Waals surface area contributed by atoms with Crippen LogP contribution in [0.4, 0.5) is 4.79 Å². The first-order chi connectivity index (χ1) is 8.49. The van der Waals surface area contributed by atoms with E-state index in [2.05, 4.69) is 21.9 Å². The van der Waals surface area contributed by atoms with Crippen molar-refractivity contribution in [2.75, 3.05) is 33.8 Å². The average Bonchev–Trinajstić information content (AvgIpc) is 2.33. The van der Waals surface area contributed by atoms with Gasteiger partial charge >= 0.3 is 12.0 Å². The number of imide groups is 1. The Bertz CT molecular complexity index is 317. The van der Waals surface area contributed by atoms with Crippen molar-refractivity contribution in [1.29, 1.82) is 0 Å².